The average Bonchev–Trinajstić information content (AvgIpc) is 2.43. The number of aromatic nitrogens is 2. The van der Waals surface area contributed by atoms with Gasteiger partial charge in [-0.3, -0.25) is 9.78 Å². The van der Waals surface area contributed by atoms with Gasteiger partial charge in [0.15, 0.2) is 0 Å². The molecule has 1 amide bonds. The molecule has 0 spiro atoms. The van der Waals surface area contributed by atoms with Gasteiger partial charge in [0.1, 0.15) is 5.03 Å². The molecule has 1 atom stereocenters. The molecule has 7 heteroatoms. The van der Waals surface area contributed by atoms with E-state index in [0.29, 0.717) is 21.4 Å². The van der Waals surface area contributed by atoms with E-state index in [4.69, 9.17) is 17.3 Å². The summed E-state index contributed by atoms with van der Waals surface area (Å²) in [6.07, 6.45) is 4.79. The van der Waals surface area contributed by atoms with Gasteiger partial charge in [-0.05, 0) is 25.1 Å². The van der Waals surface area contributed by atoms with Gasteiger partial charge in [-0.2, -0.15) is 0 Å². The number of benzene rings is 1. The highest BCUT2D eigenvalue weighted by molar-refractivity contribution is 8.00. The molecule has 3 N–H and O–H groups in total. The minimum Gasteiger partial charge on any atom is -0.399 e. The fourth-order valence-electron chi connectivity index (χ4n) is 1.45. The van der Waals surface area contributed by atoms with E-state index >= 15 is 0 Å². The van der Waals surface area contributed by atoms with Crippen molar-refractivity contribution in [2.75, 3.05) is 11.1 Å². The van der Waals surface area contributed by atoms with Crippen LogP contribution in [0.1, 0.15) is 6.92 Å². The first kappa shape index (κ1) is 14.6. The van der Waals surface area contributed by atoms with E-state index in [1.165, 1.54) is 11.8 Å². The molecule has 0 fully saturated rings. The van der Waals surface area contributed by atoms with Crippen LogP contribution in [0, 0.1) is 0 Å². The third-order valence-corrected chi connectivity index (χ3v) is 3.79. The van der Waals surface area contributed by atoms with E-state index in [0.717, 1.165) is 0 Å². The summed E-state index contributed by atoms with van der Waals surface area (Å²) in [7, 11) is 0. The lowest BCUT2D eigenvalue weighted by molar-refractivity contribution is -0.115. The van der Waals surface area contributed by atoms with Gasteiger partial charge < -0.3 is 11.1 Å². The van der Waals surface area contributed by atoms with Gasteiger partial charge in [-0.1, -0.05) is 23.4 Å². The quantitative estimate of drug-likeness (QED) is 0.670. The van der Waals surface area contributed by atoms with Crippen LogP contribution in [0.25, 0.3) is 0 Å². The molecule has 0 aliphatic carbocycles. The number of hydrogen-bond donors (Lipinski definition) is 2. The van der Waals surface area contributed by atoms with Crippen molar-refractivity contribution in [1.82, 2.24) is 9.97 Å². The Morgan fingerprint density at radius 1 is 1.45 bits per heavy atom. The molecule has 5 nitrogen and oxygen atoms in total. The second kappa shape index (κ2) is 6.58. The maximum Gasteiger partial charge on any atom is 0.237 e. The number of nitrogen functional groups attached to an aromatic ring is 1. The molecular weight excluding hydrogens is 296 g/mol. The minimum absolute atomic E-state index is 0.160. The van der Waals surface area contributed by atoms with Crippen LogP contribution in [0.15, 0.2) is 41.8 Å². The van der Waals surface area contributed by atoms with Crippen molar-refractivity contribution in [3.63, 3.8) is 0 Å². The number of nitrogens with one attached hydrogen (secondary N) is 1. The minimum atomic E-state index is -0.319. The van der Waals surface area contributed by atoms with E-state index < -0.39 is 0 Å². The zero-order chi connectivity index (χ0) is 14.5. The Morgan fingerprint density at radius 2 is 2.25 bits per heavy atom. The average molecular weight is 309 g/mol. The van der Waals surface area contributed by atoms with Crippen LogP contribution in [0.3, 0.4) is 0 Å². The topological polar surface area (TPSA) is 80.9 Å². The SMILES string of the molecule is CC(Sc1cnccn1)C(=O)Nc1ccc(N)cc1Cl. The maximum absolute atomic E-state index is 12.1. The van der Waals surface area contributed by atoms with Gasteiger partial charge in [0.2, 0.25) is 5.91 Å². The molecule has 1 aromatic carbocycles. The molecule has 0 radical (unpaired) electrons. The number of amides is 1. The third kappa shape index (κ3) is 3.85. The summed E-state index contributed by atoms with van der Waals surface area (Å²) in [5.41, 5.74) is 6.69. The number of thioether (sulfide) groups is 1. The fourth-order valence-corrected chi connectivity index (χ4v) is 2.46. The lowest BCUT2D eigenvalue weighted by Gasteiger charge is -2.12. The smallest absolute Gasteiger partial charge is 0.237 e. The van der Waals surface area contributed by atoms with E-state index in [9.17, 15) is 4.79 Å². The fraction of sp³-hybridized carbons (Fsp3) is 0.154. The summed E-state index contributed by atoms with van der Waals surface area (Å²) < 4.78 is 0. The highest BCUT2D eigenvalue weighted by Crippen LogP contribution is 2.26. The Kier molecular flexibility index (Phi) is 4.81. The third-order valence-electron chi connectivity index (χ3n) is 2.46. The number of carbonyl (C=O) groups excluding carboxylic acids is 1. The van der Waals surface area contributed by atoms with Crippen LogP contribution < -0.4 is 11.1 Å². The van der Waals surface area contributed by atoms with Crippen molar-refractivity contribution in [2.24, 2.45) is 0 Å². The van der Waals surface area contributed by atoms with Crippen molar-refractivity contribution in [1.29, 1.82) is 0 Å². The van der Waals surface area contributed by atoms with E-state index in [1.807, 2.05) is 0 Å². The zero-order valence-electron chi connectivity index (χ0n) is 10.7. The van der Waals surface area contributed by atoms with Crippen LogP contribution in [0.5, 0.6) is 0 Å². The standard InChI is InChI=1S/C13H13ClN4OS/c1-8(20-12-7-16-4-5-17-12)13(19)18-11-3-2-9(15)6-10(11)14/h2-8H,15H2,1H3,(H,18,19). The monoisotopic (exact) mass is 308 g/mol. The Balaban J connectivity index is 2.01. The molecule has 1 unspecified atom stereocenters. The summed E-state index contributed by atoms with van der Waals surface area (Å²) in [4.78, 5) is 20.2. The molecule has 104 valence electrons. The number of nitrogens with two attached hydrogens (primary N) is 1. The molecule has 0 aliphatic rings. The van der Waals surface area contributed by atoms with Crippen molar-refractivity contribution in [2.45, 2.75) is 17.2 Å². The van der Waals surface area contributed by atoms with Crippen molar-refractivity contribution >= 4 is 40.6 Å². The second-order valence-corrected chi connectivity index (χ2v) is 5.80. The molecule has 2 rings (SSSR count). The lowest BCUT2D eigenvalue weighted by Crippen LogP contribution is -2.22. The Hall–Kier alpha value is -1.79. The van der Waals surface area contributed by atoms with Gasteiger partial charge in [0, 0.05) is 18.1 Å². The maximum atomic E-state index is 12.1. The molecule has 2 aromatic rings. The summed E-state index contributed by atoms with van der Waals surface area (Å²) in [5, 5.41) is 3.55. The van der Waals surface area contributed by atoms with Gasteiger partial charge >= 0.3 is 0 Å². The summed E-state index contributed by atoms with van der Waals surface area (Å²) in [5.74, 6) is -0.160. The largest absolute Gasteiger partial charge is 0.399 e. The number of carbonyl (C=O) groups is 1. The number of nitrogens with zero attached hydrogens (tertiary/aromatic N) is 2. The number of halogens is 1. The molecule has 1 heterocycles. The summed E-state index contributed by atoms with van der Waals surface area (Å²) in [6, 6.07) is 4.95. The number of rotatable bonds is 4. The number of hydrogen-bond acceptors (Lipinski definition) is 5. The highest BCUT2D eigenvalue weighted by atomic mass is 35.5. The highest BCUT2D eigenvalue weighted by Gasteiger charge is 2.16. The van der Waals surface area contributed by atoms with Crippen LogP contribution in [0.4, 0.5) is 11.4 Å². The lowest BCUT2D eigenvalue weighted by atomic mass is 10.2. The number of anilines is 2. The molecule has 20 heavy (non-hydrogen) atoms. The van der Waals surface area contributed by atoms with Crippen molar-refractivity contribution in [3.8, 4) is 0 Å². The van der Waals surface area contributed by atoms with Crippen LogP contribution in [-0.2, 0) is 4.79 Å². The van der Waals surface area contributed by atoms with E-state index in [-0.39, 0.29) is 11.2 Å². The predicted octanol–water partition coefficient (Wildman–Crippen LogP) is 2.83. The first-order valence-electron chi connectivity index (χ1n) is 5.85. The van der Waals surface area contributed by atoms with Crippen molar-refractivity contribution < 1.29 is 4.79 Å². The first-order valence-corrected chi connectivity index (χ1v) is 7.10. The summed E-state index contributed by atoms with van der Waals surface area (Å²) >= 11 is 7.34. The molecule has 0 saturated carbocycles. The van der Waals surface area contributed by atoms with Crippen LogP contribution >= 0.6 is 23.4 Å². The first-order chi connectivity index (χ1) is 9.56. The Labute approximate surface area is 126 Å². The molecular formula is C13H13ClN4OS. The van der Waals surface area contributed by atoms with Gasteiger partial charge in [-0.25, -0.2) is 4.98 Å². The van der Waals surface area contributed by atoms with Gasteiger partial charge in [0.05, 0.1) is 22.2 Å². The van der Waals surface area contributed by atoms with Crippen LogP contribution in [0.2, 0.25) is 5.02 Å². The normalized spacial score (nSPS) is 11.9. The summed E-state index contributed by atoms with van der Waals surface area (Å²) in [6.45, 7) is 1.79. The molecule has 0 aliphatic heterocycles. The van der Waals surface area contributed by atoms with Crippen molar-refractivity contribution in [3.05, 3.63) is 41.8 Å². The zero-order valence-corrected chi connectivity index (χ0v) is 12.3. The van der Waals surface area contributed by atoms with Gasteiger partial charge in [0.25, 0.3) is 0 Å². The van der Waals surface area contributed by atoms with E-state index in [1.54, 1.807) is 43.7 Å². The van der Waals surface area contributed by atoms with Crippen LogP contribution in [-0.4, -0.2) is 21.1 Å². The Morgan fingerprint density at radius 3 is 2.90 bits per heavy atom. The van der Waals surface area contributed by atoms with E-state index in [2.05, 4.69) is 15.3 Å². The predicted molar refractivity (Wildman–Crippen MR) is 81.8 cm³/mol. The molecule has 0 saturated heterocycles. The Bertz CT molecular complexity index is 609. The second-order valence-electron chi connectivity index (χ2n) is 4.03. The van der Waals surface area contributed by atoms with Gasteiger partial charge in [-0.15, -0.1) is 0 Å². The molecule has 1 aromatic heterocycles. The molecule has 0 bridgehead atoms.